The van der Waals surface area contributed by atoms with Crippen LogP contribution in [0.1, 0.15) is 24.7 Å². The van der Waals surface area contributed by atoms with Gasteiger partial charge in [-0.25, -0.2) is 9.97 Å². The molecular weight excluding hydrogens is 328 g/mol. The van der Waals surface area contributed by atoms with E-state index < -0.39 is 0 Å². The molecule has 3 aromatic heterocycles. The first kappa shape index (κ1) is 17.5. The van der Waals surface area contributed by atoms with Crippen LogP contribution in [0.5, 0.6) is 0 Å². The van der Waals surface area contributed by atoms with Gasteiger partial charge in [0.2, 0.25) is 0 Å². The van der Waals surface area contributed by atoms with E-state index in [0.29, 0.717) is 0 Å². The number of hydrogen-bond donors (Lipinski definition) is 1. The Morgan fingerprint density at radius 2 is 2.09 bits per heavy atom. The highest BCUT2D eigenvalue weighted by atomic mass is 35.5. The molecule has 23 heavy (non-hydrogen) atoms. The molecule has 0 aliphatic heterocycles. The summed E-state index contributed by atoms with van der Waals surface area (Å²) < 4.78 is 2.36. The molecule has 0 aromatic carbocycles. The van der Waals surface area contributed by atoms with Gasteiger partial charge in [0, 0.05) is 35.1 Å². The van der Waals surface area contributed by atoms with Crippen molar-refractivity contribution in [2.75, 3.05) is 5.32 Å². The van der Waals surface area contributed by atoms with Crippen molar-refractivity contribution in [3.8, 4) is 11.3 Å². The van der Waals surface area contributed by atoms with Crippen LogP contribution in [0.2, 0.25) is 0 Å². The Kier molecular flexibility index (Phi) is 5.80. The quantitative estimate of drug-likeness (QED) is 0.689. The van der Waals surface area contributed by atoms with E-state index in [2.05, 4.69) is 47.1 Å². The average molecular weight is 349 g/mol. The van der Waals surface area contributed by atoms with Gasteiger partial charge in [0.1, 0.15) is 5.82 Å². The van der Waals surface area contributed by atoms with Gasteiger partial charge in [-0.2, -0.15) is 0 Å². The highest BCUT2D eigenvalue weighted by molar-refractivity contribution is 7.14. The first-order valence-electron chi connectivity index (χ1n) is 7.49. The summed E-state index contributed by atoms with van der Waals surface area (Å²) in [6.45, 7) is 7.59. The van der Waals surface area contributed by atoms with E-state index in [1.165, 1.54) is 17.0 Å². The van der Waals surface area contributed by atoms with Crippen molar-refractivity contribution in [3.63, 3.8) is 0 Å². The number of aromatic nitrogens is 3. The fourth-order valence-corrected chi connectivity index (χ4v) is 3.35. The molecular formula is C17H21ClN4S. The Balaban J connectivity index is 0.00000192. The number of nitrogens with one attached hydrogen (secondary N) is 1. The van der Waals surface area contributed by atoms with Crippen LogP contribution in [0.15, 0.2) is 35.8 Å². The van der Waals surface area contributed by atoms with Crippen LogP contribution >= 0.6 is 23.7 Å². The summed E-state index contributed by atoms with van der Waals surface area (Å²) in [5.74, 6) is 0.819. The molecule has 122 valence electrons. The van der Waals surface area contributed by atoms with Gasteiger partial charge < -0.3 is 9.88 Å². The fraction of sp³-hybridized carbons (Fsp3) is 0.294. The molecule has 0 saturated heterocycles. The van der Waals surface area contributed by atoms with Crippen molar-refractivity contribution in [2.45, 2.75) is 33.7 Å². The van der Waals surface area contributed by atoms with E-state index in [1.54, 1.807) is 17.5 Å². The zero-order chi connectivity index (χ0) is 15.5. The molecule has 0 saturated carbocycles. The van der Waals surface area contributed by atoms with Gasteiger partial charge in [-0.15, -0.1) is 23.7 Å². The van der Waals surface area contributed by atoms with E-state index in [4.69, 9.17) is 4.98 Å². The van der Waals surface area contributed by atoms with Gasteiger partial charge in [-0.1, -0.05) is 13.0 Å². The molecule has 4 nitrogen and oxygen atoms in total. The maximum absolute atomic E-state index is 4.71. The molecule has 0 aliphatic rings. The topological polar surface area (TPSA) is 42.7 Å². The SMILES string of the molecule is CCCn1c(C)cc(-c2csc(Nc3ccccn3)n2)c1C.Cl. The van der Waals surface area contributed by atoms with Crippen molar-refractivity contribution in [1.82, 2.24) is 14.5 Å². The summed E-state index contributed by atoms with van der Waals surface area (Å²) in [4.78, 5) is 8.97. The lowest BCUT2D eigenvalue weighted by Gasteiger charge is -2.07. The van der Waals surface area contributed by atoms with Crippen molar-refractivity contribution in [3.05, 3.63) is 47.2 Å². The summed E-state index contributed by atoms with van der Waals surface area (Å²) in [5.41, 5.74) is 4.82. The first-order valence-corrected chi connectivity index (χ1v) is 8.37. The Labute approximate surface area is 147 Å². The summed E-state index contributed by atoms with van der Waals surface area (Å²) in [6, 6.07) is 8.03. The molecule has 0 unspecified atom stereocenters. The molecule has 0 spiro atoms. The summed E-state index contributed by atoms with van der Waals surface area (Å²) >= 11 is 1.60. The molecule has 1 N–H and O–H groups in total. The van der Waals surface area contributed by atoms with Gasteiger partial charge in [0.15, 0.2) is 5.13 Å². The zero-order valence-corrected chi connectivity index (χ0v) is 15.2. The molecule has 0 bridgehead atoms. The summed E-state index contributed by atoms with van der Waals surface area (Å²) in [7, 11) is 0. The fourth-order valence-electron chi connectivity index (χ4n) is 2.63. The van der Waals surface area contributed by atoms with Crippen LogP contribution in [0, 0.1) is 13.8 Å². The lowest BCUT2D eigenvalue weighted by atomic mass is 10.2. The van der Waals surface area contributed by atoms with Crippen LogP contribution < -0.4 is 5.32 Å². The Hall–Kier alpha value is -1.85. The first-order chi connectivity index (χ1) is 10.7. The molecule has 0 radical (unpaired) electrons. The third-order valence-corrected chi connectivity index (χ3v) is 4.46. The lowest BCUT2D eigenvalue weighted by Crippen LogP contribution is -2.01. The maximum Gasteiger partial charge on any atom is 0.188 e. The number of hydrogen-bond acceptors (Lipinski definition) is 4. The van der Waals surface area contributed by atoms with E-state index >= 15 is 0 Å². The van der Waals surface area contributed by atoms with E-state index in [0.717, 1.165) is 29.6 Å². The second kappa shape index (κ2) is 7.62. The van der Waals surface area contributed by atoms with Crippen molar-refractivity contribution in [1.29, 1.82) is 0 Å². The minimum atomic E-state index is 0. The number of pyridine rings is 1. The van der Waals surface area contributed by atoms with Crippen molar-refractivity contribution in [2.24, 2.45) is 0 Å². The second-order valence-corrected chi connectivity index (χ2v) is 6.17. The predicted octanol–water partition coefficient (Wildman–Crippen LogP) is 5.20. The van der Waals surface area contributed by atoms with Crippen LogP contribution in [0.25, 0.3) is 11.3 Å². The zero-order valence-electron chi connectivity index (χ0n) is 13.5. The monoisotopic (exact) mass is 348 g/mol. The summed E-state index contributed by atoms with van der Waals surface area (Å²) in [6.07, 6.45) is 2.91. The molecule has 6 heteroatoms. The third kappa shape index (κ3) is 3.74. The Morgan fingerprint density at radius 1 is 1.26 bits per heavy atom. The second-order valence-electron chi connectivity index (χ2n) is 5.31. The highest BCUT2D eigenvalue weighted by Gasteiger charge is 2.13. The van der Waals surface area contributed by atoms with E-state index in [9.17, 15) is 0 Å². The molecule has 0 fully saturated rings. The van der Waals surface area contributed by atoms with Crippen LogP contribution in [0.4, 0.5) is 10.9 Å². The van der Waals surface area contributed by atoms with Gasteiger partial charge in [0.05, 0.1) is 5.69 Å². The average Bonchev–Trinajstić information content (AvgIpc) is 3.08. The third-order valence-electron chi connectivity index (χ3n) is 3.70. The smallest absolute Gasteiger partial charge is 0.188 e. The normalized spacial score (nSPS) is 10.4. The maximum atomic E-state index is 4.71. The molecule has 0 atom stereocenters. The molecule has 0 aliphatic carbocycles. The van der Waals surface area contributed by atoms with Crippen molar-refractivity contribution < 1.29 is 0 Å². The van der Waals surface area contributed by atoms with Crippen LogP contribution in [0.3, 0.4) is 0 Å². The number of thiazole rings is 1. The lowest BCUT2D eigenvalue weighted by molar-refractivity contribution is 0.649. The van der Waals surface area contributed by atoms with Gasteiger partial charge in [-0.3, -0.25) is 0 Å². The number of halogens is 1. The van der Waals surface area contributed by atoms with Crippen LogP contribution in [-0.4, -0.2) is 14.5 Å². The predicted molar refractivity (Wildman–Crippen MR) is 100 cm³/mol. The molecule has 3 aromatic rings. The van der Waals surface area contributed by atoms with Gasteiger partial charge in [-0.05, 0) is 38.5 Å². The largest absolute Gasteiger partial charge is 0.348 e. The van der Waals surface area contributed by atoms with Crippen molar-refractivity contribution >= 4 is 34.7 Å². The van der Waals surface area contributed by atoms with E-state index in [1.807, 2.05) is 18.2 Å². The minimum Gasteiger partial charge on any atom is -0.348 e. The molecule has 3 heterocycles. The highest BCUT2D eigenvalue weighted by Crippen LogP contribution is 2.30. The number of nitrogens with zero attached hydrogens (tertiary/aromatic N) is 3. The Bertz CT molecular complexity index is 764. The van der Waals surface area contributed by atoms with Gasteiger partial charge in [0.25, 0.3) is 0 Å². The molecule has 3 rings (SSSR count). The van der Waals surface area contributed by atoms with Gasteiger partial charge >= 0.3 is 0 Å². The Morgan fingerprint density at radius 3 is 2.78 bits per heavy atom. The van der Waals surface area contributed by atoms with Crippen LogP contribution in [-0.2, 0) is 6.54 Å². The summed E-state index contributed by atoms with van der Waals surface area (Å²) in [5, 5.41) is 6.22. The molecule has 0 amide bonds. The van der Waals surface area contributed by atoms with E-state index in [-0.39, 0.29) is 12.4 Å². The minimum absolute atomic E-state index is 0. The standard InChI is InChI=1S/C17H20N4S.ClH/c1-4-9-21-12(2)10-14(13(21)3)15-11-22-17(19-15)20-16-7-5-6-8-18-16;/h5-8,10-11H,4,9H2,1-3H3,(H,18,19,20);1H. The number of aryl methyl sites for hydroxylation is 1. The number of rotatable bonds is 5. The number of anilines is 2.